The topological polar surface area (TPSA) is 61.9 Å². The molecule has 1 saturated carbocycles. The molecule has 2 aliphatic carbocycles. The molecule has 0 radical (unpaired) electrons. The van der Waals surface area contributed by atoms with Crippen LogP contribution in [0.3, 0.4) is 0 Å². The van der Waals surface area contributed by atoms with Gasteiger partial charge in [0.05, 0.1) is 6.42 Å². The third-order valence-electron chi connectivity index (χ3n) is 7.21. The van der Waals surface area contributed by atoms with E-state index in [0.717, 1.165) is 25.8 Å². The van der Waals surface area contributed by atoms with Gasteiger partial charge < -0.3 is 15.0 Å². The summed E-state index contributed by atoms with van der Waals surface area (Å²) in [5.74, 6) is 0.328. The predicted octanol–water partition coefficient (Wildman–Crippen LogP) is 5.10. The highest BCUT2D eigenvalue weighted by Gasteiger charge is 2.36. The summed E-state index contributed by atoms with van der Waals surface area (Å²) in [6.07, 6.45) is 8.97. The van der Waals surface area contributed by atoms with Gasteiger partial charge in [-0.1, -0.05) is 48.4 Å². The number of hydrogen-bond donors (Lipinski definition) is 1. The number of rotatable bonds is 9. The maximum Gasteiger partial charge on any atom is 0.317 e. The van der Waals surface area contributed by atoms with E-state index in [1.54, 1.807) is 4.90 Å². The maximum absolute atomic E-state index is 13.0. The number of esters is 1. The summed E-state index contributed by atoms with van der Waals surface area (Å²) in [5, 5.41) is 3.11. The third-order valence-corrected chi connectivity index (χ3v) is 7.21. The number of nitrogens with one attached hydrogen (secondary N) is 1. The minimum Gasteiger partial charge on any atom is -0.460 e. The molecule has 2 amide bonds. The first-order valence-corrected chi connectivity index (χ1v) is 12.7. The molecule has 0 unspecified atom stereocenters. The molecule has 6 heteroatoms. The van der Waals surface area contributed by atoms with Crippen LogP contribution in [-0.2, 0) is 15.1 Å². The van der Waals surface area contributed by atoms with E-state index in [1.807, 2.05) is 20.8 Å². The van der Waals surface area contributed by atoms with Crippen molar-refractivity contribution in [1.29, 1.82) is 0 Å². The minimum absolute atomic E-state index is 0.0292. The number of carbonyl (C=O) groups excluding carboxylic acids is 2. The molecule has 1 atom stereocenters. The molecule has 0 heterocycles. The Labute approximate surface area is 205 Å². The van der Waals surface area contributed by atoms with E-state index in [0.29, 0.717) is 19.0 Å². The Kier molecular flexibility index (Phi) is 8.80. The van der Waals surface area contributed by atoms with Gasteiger partial charge in [0.1, 0.15) is 5.60 Å². The van der Waals surface area contributed by atoms with Crippen LogP contribution >= 0.6 is 0 Å². The van der Waals surface area contributed by atoms with Crippen molar-refractivity contribution in [3.8, 4) is 0 Å². The van der Waals surface area contributed by atoms with E-state index in [1.165, 1.54) is 30.4 Å². The summed E-state index contributed by atoms with van der Waals surface area (Å²) in [4.78, 5) is 29.5. The lowest BCUT2D eigenvalue weighted by Gasteiger charge is -2.43. The highest BCUT2D eigenvalue weighted by molar-refractivity contribution is 5.76. The fourth-order valence-electron chi connectivity index (χ4n) is 4.86. The van der Waals surface area contributed by atoms with Gasteiger partial charge in [0.25, 0.3) is 0 Å². The Bertz CT molecular complexity index is 855. The van der Waals surface area contributed by atoms with E-state index in [9.17, 15) is 9.59 Å². The van der Waals surface area contributed by atoms with Crippen LogP contribution in [0.1, 0.15) is 71.3 Å². The molecular formula is C28H43N3O3. The van der Waals surface area contributed by atoms with Gasteiger partial charge in [-0.15, -0.1) is 0 Å². The fraction of sp³-hybridized carbons (Fsp3) is 0.643. The summed E-state index contributed by atoms with van der Waals surface area (Å²) in [6.45, 7) is 7.23. The summed E-state index contributed by atoms with van der Waals surface area (Å²) in [7, 11) is 4.29. The van der Waals surface area contributed by atoms with Crippen LogP contribution in [0.15, 0.2) is 42.0 Å². The first kappa shape index (κ1) is 26.3. The van der Waals surface area contributed by atoms with Gasteiger partial charge in [-0.25, -0.2) is 4.79 Å². The number of carbonyl (C=O) groups is 2. The summed E-state index contributed by atoms with van der Waals surface area (Å²) in [5.41, 5.74) is 2.04. The van der Waals surface area contributed by atoms with Gasteiger partial charge >= 0.3 is 12.0 Å². The zero-order chi connectivity index (χ0) is 24.8. The quantitative estimate of drug-likeness (QED) is 0.404. The van der Waals surface area contributed by atoms with Crippen LogP contribution in [0.2, 0.25) is 0 Å². The lowest BCUT2D eigenvalue weighted by molar-refractivity contribution is -0.154. The van der Waals surface area contributed by atoms with E-state index in [2.05, 4.69) is 60.7 Å². The SMILES string of the molecule is CN(C)[C@@]1(c2ccccc2)CC=C(CN(CCC(=O)OC(C)(C)C)C(=O)NCC2CCC2)CC1. The van der Waals surface area contributed by atoms with Crippen LogP contribution in [-0.4, -0.2) is 61.1 Å². The van der Waals surface area contributed by atoms with E-state index in [-0.39, 0.29) is 24.0 Å². The second kappa shape index (κ2) is 11.4. The van der Waals surface area contributed by atoms with E-state index in [4.69, 9.17) is 4.74 Å². The molecule has 1 aromatic carbocycles. The molecule has 1 fully saturated rings. The van der Waals surface area contributed by atoms with Crippen molar-refractivity contribution in [2.45, 2.75) is 76.9 Å². The molecule has 3 rings (SSSR count). The average molecular weight is 470 g/mol. The van der Waals surface area contributed by atoms with Gasteiger partial charge in [0, 0.05) is 25.2 Å². The zero-order valence-electron chi connectivity index (χ0n) is 21.7. The molecular weight excluding hydrogens is 426 g/mol. The Morgan fingerprint density at radius 2 is 1.85 bits per heavy atom. The standard InChI is InChI=1S/C28H43N3O3/c1-27(2,3)34-25(32)16-19-31(26(33)29-20-22-10-9-11-22)21-23-14-17-28(18-15-23,30(4)5)24-12-7-6-8-13-24/h6-8,12-14,22H,9-11,15-21H2,1-5H3,(H,29,33)/t28-/m0/s1. The number of nitrogens with zero attached hydrogens (tertiary/aromatic N) is 2. The molecule has 1 N–H and O–H groups in total. The van der Waals surface area contributed by atoms with Crippen molar-refractivity contribution >= 4 is 12.0 Å². The van der Waals surface area contributed by atoms with Crippen molar-refractivity contribution < 1.29 is 14.3 Å². The molecule has 0 aromatic heterocycles. The zero-order valence-corrected chi connectivity index (χ0v) is 21.7. The van der Waals surface area contributed by atoms with Gasteiger partial charge in [-0.05, 0) is 78.5 Å². The molecule has 0 bridgehead atoms. The van der Waals surface area contributed by atoms with E-state index < -0.39 is 5.60 Å². The van der Waals surface area contributed by atoms with Crippen LogP contribution in [0.25, 0.3) is 0 Å². The second-order valence-electron chi connectivity index (χ2n) is 11.1. The van der Waals surface area contributed by atoms with Crippen LogP contribution in [0.5, 0.6) is 0 Å². The first-order valence-electron chi connectivity index (χ1n) is 12.7. The smallest absolute Gasteiger partial charge is 0.317 e. The van der Waals surface area contributed by atoms with Crippen molar-refractivity contribution in [2.24, 2.45) is 5.92 Å². The fourth-order valence-corrected chi connectivity index (χ4v) is 4.86. The van der Waals surface area contributed by atoms with Crippen LogP contribution in [0.4, 0.5) is 4.79 Å². The largest absolute Gasteiger partial charge is 0.460 e. The predicted molar refractivity (Wildman–Crippen MR) is 137 cm³/mol. The molecule has 34 heavy (non-hydrogen) atoms. The number of ether oxygens (including phenoxy) is 1. The normalized spacial score (nSPS) is 20.9. The van der Waals surface area contributed by atoms with E-state index >= 15 is 0 Å². The minimum atomic E-state index is -0.521. The van der Waals surface area contributed by atoms with Crippen LogP contribution < -0.4 is 5.32 Å². The lowest BCUT2D eigenvalue weighted by Crippen LogP contribution is -2.46. The molecule has 0 aliphatic heterocycles. The summed E-state index contributed by atoms with van der Waals surface area (Å²) in [6, 6.07) is 10.6. The van der Waals surface area contributed by atoms with Crippen molar-refractivity contribution in [2.75, 3.05) is 33.7 Å². The highest BCUT2D eigenvalue weighted by Crippen LogP contribution is 2.40. The summed E-state index contributed by atoms with van der Waals surface area (Å²) < 4.78 is 5.47. The number of benzene rings is 1. The molecule has 6 nitrogen and oxygen atoms in total. The number of amides is 2. The Balaban J connectivity index is 1.66. The second-order valence-corrected chi connectivity index (χ2v) is 11.1. The van der Waals surface area contributed by atoms with Crippen molar-refractivity contribution in [3.63, 3.8) is 0 Å². The monoisotopic (exact) mass is 469 g/mol. The van der Waals surface area contributed by atoms with Crippen molar-refractivity contribution in [3.05, 3.63) is 47.5 Å². The first-order chi connectivity index (χ1) is 16.1. The molecule has 2 aliphatic rings. The molecule has 0 spiro atoms. The molecule has 1 aromatic rings. The van der Waals surface area contributed by atoms with Crippen LogP contribution in [0, 0.1) is 5.92 Å². The molecule has 188 valence electrons. The summed E-state index contributed by atoms with van der Waals surface area (Å²) >= 11 is 0. The molecule has 0 saturated heterocycles. The number of urea groups is 1. The van der Waals surface area contributed by atoms with Crippen molar-refractivity contribution in [1.82, 2.24) is 15.1 Å². The van der Waals surface area contributed by atoms with Gasteiger partial charge in [0.15, 0.2) is 0 Å². The van der Waals surface area contributed by atoms with Gasteiger partial charge in [-0.3, -0.25) is 9.69 Å². The Hall–Kier alpha value is -2.34. The number of hydrogen-bond acceptors (Lipinski definition) is 4. The van der Waals surface area contributed by atoms with Gasteiger partial charge in [0.2, 0.25) is 0 Å². The third kappa shape index (κ3) is 7.08. The maximum atomic E-state index is 13.0. The average Bonchev–Trinajstić information content (AvgIpc) is 2.75. The Morgan fingerprint density at radius 1 is 1.15 bits per heavy atom. The van der Waals surface area contributed by atoms with Gasteiger partial charge in [-0.2, -0.15) is 0 Å². The highest BCUT2D eigenvalue weighted by atomic mass is 16.6. The Morgan fingerprint density at radius 3 is 2.38 bits per heavy atom. The lowest BCUT2D eigenvalue weighted by atomic mass is 9.76.